The van der Waals surface area contributed by atoms with Crippen LogP contribution in [0.25, 0.3) is 0 Å². The molecule has 2 N–H and O–H groups in total. The van der Waals surface area contributed by atoms with Gasteiger partial charge in [-0.25, -0.2) is 9.59 Å². The molecule has 2 aromatic rings. The maximum absolute atomic E-state index is 12.2. The van der Waals surface area contributed by atoms with Gasteiger partial charge in [0, 0.05) is 6.54 Å². The SMILES string of the molecule is CC(C)(C)OC(=O)NCc1ccc(C2(NC(=O)OCc3ccccc3)CC2)cc1. The highest BCUT2D eigenvalue weighted by atomic mass is 16.6. The lowest BCUT2D eigenvalue weighted by molar-refractivity contribution is 0.0523. The first kappa shape index (κ1) is 20.7. The molecule has 29 heavy (non-hydrogen) atoms. The van der Waals surface area contributed by atoms with Crippen molar-refractivity contribution in [1.82, 2.24) is 10.6 Å². The molecule has 6 heteroatoms. The van der Waals surface area contributed by atoms with Gasteiger partial charge < -0.3 is 20.1 Å². The lowest BCUT2D eigenvalue weighted by Gasteiger charge is -2.20. The number of amides is 2. The van der Waals surface area contributed by atoms with Crippen LogP contribution in [0, 0.1) is 0 Å². The molecule has 0 aliphatic heterocycles. The lowest BCUT2D eigenvalue weighted by Crippen LogP contribution is -2.35. The van der Waals surface area contributed by atoms with Gasteiger partial charge in [-0.05, 0) is 50.3 Å². The Hall–Kier alpha value is -3.02. The number of carbonyl (C=O) groups is 2. The molecule has 3 rings (SSSR count). The van der Waals surface area contributed by atoms with Crippen molar-refractivity contribution in [3.8, 4) is 0 Å². The van der Waals surface area contributed by atoms with Crippen molar-refractivity contribution in [2.45, 2.75) is 57.9 Å². The van der Waals surface area contributed by atoms with E-state index in [4.69, 9.17) is 9.47 Å². The monoisotopic (exact) mass is 396 g/mol. The van der Waals surface area contributed by atoms with E-state index < -0.39 is 17.8 Å². The standard InChI is InChI=1S/C23H28N2O4/c1-22(2,3)29-20(26)24-15-17-9-11-19(12-10-17)23(13-14-23)25-21(27)28-16-18-7-5-4-6-8-18/h4-12H,13-16H2,1-3H3,(H,24,26)(H,25,27). The Kier molecular flexibility index (Phi) is 6.11. The molecule has 0 aromatic heterocycles. The van der Waals surface area contributed by atoms with Crippen LogP contribution >= 0.6 is 0 Å². The fourth-order valence-electron chi connectivity index (χ4n) is 3.00. The molecule has 1 fully saturated rings. The zero-order valence-corrected chi connectivity index (χ0v) is 17.2. The Bertz CT molecular complexity index is 837. The molecule has 6 nitrogen and oxygen atoms in total. The number of ether oxygens (including phenoxy) is 2. The average Bonchev–Trinajstić information content (AvgIpc) is 3.45. The van der Waals surface area contributed by atoms with Gasteiger partial charge in [0.15, 0.2) is 0 Å². The van der Waals surface area contributed by atoms with E-state index in [2.05, 4.69) is 10.6 Å². The quantitative estimate of drug-likeness (QED) is 0.747. The van der Waals surface area contributed by atoms with Crippen LogP contribution in [0.3, 0.4) is 0 Å². The minimum absolute atomic E-state index is 0.248. The molecular formula is C23H28N2O4. The summed E-state index contributed by atoms with van der Waals surface area (Å²) in [6, 6.07) is 17.5. The van der Waals surface area contributed by atoms with Crippen LogP contribution in [-0.2, 0) is 28.2 Å². The summed E-state index contributed by atoms with van der Waals surface area (Å²) in [5.41, 5.74) is 2.07. The smallest absolute Gasteiger partial charge is 0.408 e. The Morgan fingerprint density at radius 3 is 2.17 bits per heavy atom. The molecule has 1 aliphatic carbocycles. The first-order chi connectivity index (χ1) is 13.8. The van der Waals surface area contributed by atoms with Gasteiger partial charge in [-0.2, -0.15) is 0 Å². The van der Waals surface area contributed by atoms with Crippen LogP contribution in [0.15, 0.2) is 54.6 Å². The molecule has 0 spiro atoms. The molecule has 2 amide bonds. The van der Waals surface area contributed by atoms with Gasteiger partial charge in [-0.15, -0.1) is 0 Å². The predicted molar refractivity (Wildman–Crippen MR) is 110 cm³/mol. The number of alkyl carbamates (subject to hydrolysis) is 2. The summed E-state index contributed by atoms with van der Waals surface area (Å²) in [4.78, 5) is 24.0. The zero-order valence-electron chi connectivity index (χ0n) is 17.2. The highest BCUT2D eigenvalue weighted by Gasteiger charge is 2.46. The Morgan fingerprint density at radius 1 is 0.931 bits per heavy atom. The van der Waals surface area contributed by atoms with Gasteiger partial charge in [-0.1, -0.05) is 54.6 Å². The number of benzene rings is 2. The summed E-state index contributed by atoms with van der Waals surface area (Å²) in [6.45, 7) is 6.11. The first-order valence-electron chi connectivity index (χ1n) is 9.81. The second-order valence-electron chi connectivity index (χ2n) is 8.32. The van der Waals surface area contributed by atoms with Crippen LogP contribution in [-0.4, -0.2) is 17.8 Å². The third-order valence-electron chi connectivity index (χ3n) is 4.65. The molecule has 0 radical (unpaired) electrons. The van der Waals surface area contributed by atoms with Crippen LogP contribution in [0.5, 0.6) is 0 Å². The maximum atomic E-state index is 12.2. The van der Waals surface area contributed by atoms with Gasteiger partial charge in [0.2, 0.25) is 0 Å². The number of rotatable bonds is 6. The third-order valence-corrected chi connectivity index (χ3v) is 4.65. The fourth-order valence-corrected chi connectivity index (χ4v) is 3.00. The predicted octanol–water partition coefficient (Wildman–Crippen LogP) is 4.63. The van der Waals surface area contributed by atoms with Crippen molar-refractivity contribution in [2.24, 2.45) is 0 Å². The van der Waals surface area contributed by atoms with E-state index in [1.54, 1.807) is 0 Å². The average molecular weight is 396 g/mol. The summed E-state index contributed by atoms with van der Waals surface area (Å²) in [7, 11) is 0. The van der Waals surface area contributed by atoms with E-state index in [1.165, 1.54) is 0 Å². The maximum Gasteiger partial charge on any atom is 0.408 e. The largest absolute Gasteiger partial charge is 0.445 e. The van der Waals surface area contributed by atoms with E-state index in [1.807, 2.05) is 75.4 Å². The zero-order chi connectivity index (χ0) is 20.9. The second kappa shape index (κ2) is 8.55. The summed E-state index contributed by atoms with van der Waals surface area (Å²) in [6.07, 6.45) is 0.899. The van der Waals surface area contributed by atoms with Crippen LogP contribution in [0.1, 0.15) is 50.3 Å². The van der Waals surface area contributed by atoms with Gasteiger partial charge in [0.25, 0.3) is 0 Å². The summed E-state index contributed by atoms with van der Waals surface area (Å²) >= 11 is 0. The minimum atomic E-state index is -0.521. The topological polar surface area (TPSA) is 76.7 Å². The van der Waals surface area contributed by atoms with Crippen molar-refractivity contribution in [3.05, 3.63) is 71.3 Å². The van der Waals surface area contributed by atoms with E-state index in [0.717, 1.165) is 29.5 Å². The molecule has 1 saturated carbocycles. The first-order valence-corrected chi connectivity index (χ1v) is 9.81. The summed E-state index contributed by atoms with van der Waals surface area (Å²) in [5, 5.41) is 5.74. The summed E-state index contributed by atoms with van der Waals surface area (Å²) in [5.74, 6) is 0. The third kappa shape index (κ3) is 6.24. The molecule has 154 valence electrons. The fraction of sp³-hybridized carbons (Fsp3) is 0.391. The Balaban J connectivity index is 1.50. The van der Waals surface area contributed by atoms with E-state index >= 15 is 0 Å². The molecule has 0 unspecified atom stereocenters. The van der Waals surface area contributed by atoms with Gasteiger partial charge in [0.1, 0.15) is 12.2 Å². The summed E-state index contributed by atoms with van der Waals surface area (Å²) < 4.78 is 10.6. The number of hydrogen-bond donors (Lipinski definition) is 2. The van der Waals surface area contributed by atoms with E-state index in [9.17, 15) is 9.59 Å². The minimum Gasteiger partial charge on any atom is -0.445 e. The van der Waals surface area contributed by atoms with E-state index in [-0.39, 0.29) is 12.1 Å². The van der Waals surface area contributed by atoms with Crippen molar-refractivity contribution < 1.29 is 19.1 Å². The number of carbonyl (C=O) groups excluding carboxylic acids is 2. The van der Waals surface area contributed by atoms with Crippen molar-refractivity contribution in [1.29, 1.82) is 0 Å². The normalized spacial score (nSPS) is 14.6. The Morgan fingerprint density at radius 2 is 1.59 bits per heavy atom. The van der Waals surface area contributed by atoms with Gasteiger partial charge in [0.05, 0.1) is 5.54 Å². The van der Waals surface area contributed by atoms with E-state index in [0.29, 0.717) is 6.54 Å². The molecule has 1 aliphatic rings. The number of nitrogens with one attached hydrogen (secondary N) is 2. The highest BCUT2D eigenvalue weighted by Crippen LogP contribution is 2.45. The van der Waals surface area contributed by atoms with Gasteiger partial charge >= 0.3 is 12.2 Å². The lowest BCUT2D eigenvalue weighted by atomic mass is 10.0. The molecule has 0 atom stereocenters. The van der Waals surface area contributed by atoms with Crippen LogP contribution in [0.4, 0.5) is 9.59 Å². The molecule has 0 bridgehead atoms. The van der Waals surface area contributed by atoms with Gasteiger partial charge in [-0.3, -0.25) is 0 Å². The Labute approximate surface area is 171 Å². The highest BCUT2D eigenvalue weighted by molar-refractivity contribution is 5.69. The molecule has 0 saturated heterocycles. The second-order valence-corrected chi connectivity index (χ2v) is 8.32. The van der Waals surface area contributed by atoms with Crippen LogP contribution in [0.2, 0.25) is 0 Å². The molecule has 0 heterocycles. The number of hydrogen-bond acceptors (Lipinski definition) is 4. The van der Waals surface area contributed by atoms with Crippen molar-refractivity contribution in [2.75, 3.05) is 0 Å². The van der Waals surface area contributed by atoms with Crippen molar-refractivity contribution >= 4 is 12.2 Å². The molecular weight excluding hydrogens is 368 g/mol. The van der Waals surface area contributed by atoms with Crippen molar-refractivity contribution in [3.63, 3.8) is 0 Å². The van der Waals surface area contributed by atoms with Crippen LogP contribution < -0.4 is 10.6 Å². The molecule has 2 aromatic carbocycles.